The molecule has 0 saturated heterocycles. The standard InChI is InChI=1S/C15H19Br/c16-14-10-5-3-1-2-4-7-11-15-12-8-6-9-13-15/h6,8-9,12-13H,3-5,7,10-11,14H2. The van der Waals surface area contributed by atoms with Gasteiger partial charge in [0.1, 0.15) is 0 Å². The molecule has 16 heavy (non-hydrogen) atoms. The van der Waals surface area contributed by atoms with Crippen LogP contribution in [0.5, 0.6) is 0 Å². The number of hydrogen-bond acceptors (Lipinski definition) is 0. The Morgan fingerprint density at radius 2 is 1.56 bits per heavy atom. The van der Waals surface area contributed by atoms with Gasteiger partial charge in [0.15, 0.2) is 0 Å². The number of rotatable bonds is 6. The van der Waals surface area contributed by atoms with Crippen LogP contribution in [0.3, 0.4) is 0 Å². The zero-order chi connectivity index (χ0) is 11.5. The molecule has 0 bridgehead atoms. The third-order valence-electron chi connectivity index (χ3n) is 2.42. The van der Waals surface area contributed by atoms with E-state index in [1.165, 1.54) is 24.8 Å². The number of unbranched alkanes of at least 4 members (excludes halogenated alkanes) is 3. The summed E-state index contributed by atoms with van der Waals surface area (Å²) in [5.74, 6) is 6.48. The van der Waals surface area contributed by atoms with Gasteiger partial charge in [-0.25, -0.2) is 0 Å². The lowest BCUT2D eigenvalue weighted by Crippen LogP contribution is -1.83. The largest absolute Gasteiger partial charge is 0.103 e. The van der Waals surface area contributed by atoms with Gasteiger partial charge in [-0.05, 0) is 31.2 Å². The Bertz CT molecular complexity index is 318. The highest BCUT2D eigenvalue weighted by Gasteiger charge is 1.89. The molecular formula is C15H19Br. The fraction of sp³-hybridized carbons (Fsp3) is 0.467. The monoisotopic (exact) mass is 278 g/mol. The van der Waals surface area contributed by atoms with Crippen molar-refractivity contribution in [3.63, 3.8) is 0 Å². The van der Waals surface area contributed by atoms with E-state index in [1.54, 1.807) is 0 Å². The van der Waals surface area contributed by atoms with Crippen LogP contribution >= 0.6 is 15.9 Å². The summed E-state index contributed by atoms with van der Waals surface area (Å²) in [6.07, 6.45) is 6.86. The van der Waals surface area contributed by atoms with Crippen molar-refractivity contribution in [3.05, 3.63) is 35.9 Å². The van der Waals surface area contributed by atoms with Crippen LogP contribution in [0.4, 0.5) is 0 Å². The molecule has 0 radical (unpaired) electrons. The second-order valence-electron chi connectivity index (χ2n) is 3.84. The van der Waals surface area contributed by atoms with Crippen molar-refractivity contribution in [2.45, 2.75) is 38.5 Å². The summed E-state index contributed by atoms with van der Waals surface area (Å²) >= 11 is 3.42. The van der Waals surface area contributed by atoms with Crippen molar-refractivity contribution in [1.82, 2.24) is 0 Å². The fourth-order valence-corrected chi connectivity index (χ4v) is 1.91. The second-order valence-corrected chi connectivity index (χ2v) is 4.63. The number of aryl methyl sites for hydroxylation is 1. The quantitative estimate of drug-likeness (QED) is 0.406. The molecule has 0 fully saturated rings. The van der Waals surface area contributed by atoms with Crippen LogP contribution in [-0.4, -0.2) is 5.33 Å². The summed E-state index contributed by atoms with van der Waals surface area (Å²) in [5, 5.41) is 1.10. The molecule has 1 heteroatoms. The molecule has 1 aromatic carbocycles. The molecule has 86 valence electrons. The van der Waals surface area contributed by atoms with E-state index in [1.807, 2.05) is 0 Å². The van der Waals surface area contributed by atoms with E-state index in [0.29, 0.717) is 0 Å². The van der Waals surface area contributed by atoms with Crippen molar-refractivity contribution in [3.8, 4) is 11.8 Å². The Balaban J connectivity index is 2.03. The van der Waals surface area contributed by atoms with Crippen molar-refractivity contribution in [2.24, 2.45) is 0 Å². The molecule has 0 saturated carbocycles. The number of benzene rings is 1. The van der Waals surface area contributed by atoms with Crippen LogP contribution in [-0.2, 0) is 6.42 Å². The summed E-state index contributed by atoms with van der Waals surface area (Å²) in [6, 6.07) is 10.6. The molecule has 1 aromatic rings. The van der Waals surface area contributed by atoms with Crippen molar-refractivity contribution < 1.29 is 0 Å². The van der Waals surface area contributed by atoms with Crippen molar-refractivity contribution in [2.75, 3.05) is 5.33 Å². The molecular weight excluding hydrogens is 260 g/mol. The van der Waals surface area contributed by atoms with E-state index >= 15 is 0 Å². The SMILES string of the molecule is BrCCCCC#CCCCc1ccccc1. The predicted octanol–water partition coefficient (Wildman–Crippen LogP) is 4.58. The van der Waals surface area contributed by atoms with Gasteiger partial charge in [-0.2, -0.15) is 0 Å². The summed E-state index contributed by atoms with van der Waals surface area (Å²) in [7, 11) is 0. The smallest absolute Gasteiger partial charge is 0.00918 e. The van der Waals surface area contributed by atoms with Crippen LogP contribution < -0.4 is 0 Å². The first-order chi connectivity index (χ1) is 7.93. The van der Waals surface area contributed by atoms with Gasteiger partial charge in [0.05, 0.1) is 0 Å². The Morgan fingerprint density at radius 1 is 0.875 bits per heavy atom. The minimum atomic E-state index is 1.03. The van der Waals surface area contributed by atoms with Crippen LogP contribution in [0.2, 0.25) is 0 Å². The first-order valence-corrected chi connectivity index (χ1v) is 7.11. The summed E-state index contributed by atoms with van der Waals surface area (Å²) in [5.41, 5.74) is 1.42. The minimum absolute atomic E-state index is 1.03. The van der Waals surface area contributed by atoms with E-state index in [-0.39, 0.29) is 0 Å². The molecule has 0 spiro atoms. The van der Waals surface area contributed by atoms with Crippen LogP contribution in [0.25, 0.3) is 0 Å². The summed E-state index contributed by atoms with van der Waals surface area (Å²) in [6.45, 7) is 0. The normalized spacial score (nSPS) is 9.56. The fourth-order valence-electron chi connectivity index (χ4n) is 1.51. The molecule has 1 rings (SSSR count). The highest BCUT2D eigenvalue weighted by atomic mass is 79.9. The highest BCUT2D eigenvalue weighted by Crippen LogP contribution is 2.04. The second kappa shape index (κ2) is 9.48. The van der Waals surface area contributed by atoms with E-state index in [0.717, 1.165) is 24.6 Å². The van der Waals surface area contributed by atoms with E-state index in [2.05, 4.69) is 58.1 Å². The van der Waals surface area contributed by atoms with E-state index in [4.69, 9.17) is 0 Å². The summed E-state index contributed by atoms with van der Waals surface area (Å²) < 4.78 is 0. The van der Waals surface area contributed by atoms with Crippen LogP contribution in [0.15, 0.2) is 30.3 Å². The van der Waals surface area contributed by atoms with Gasteiger partial charge >= 0.3 is 0 Å². The maximum absolute atomic E-state index is 3.42. The first-order valence-electron chi connectivity index (χ1n) is 5.99. The minimum Gasteiger partial charge on any atom is -0.103 e. The Kier molecular flexibility index (Phi) is 7.90. The van der Waals surface area contributed by atoms with E-state index < -0.39 is 0 Å². The average molecular weight is 279 g/mol. The molecule has 0 nitrogen and oxygen atoms in total. The number of halogens is 1. The van der Waals surface area contributed by atoms with Gasteiger partial charge in [0, 0.05) is 18.2 Å². The van der Waals surface area contributed by atoms with Crippen LogP contribution in [0.1, 0.15) is 37.7 Å². The molecule has 0 aliphatic heterocycles. The zero-order valence-corrected chi connectivity index (χ0v) is 11.3. The third kappa shape index (κ3) is 6.69. The predicted molar refractivity (Wildman–Crippen MR) is 74.8 cm³/mol. The van der Waals surface area contributed by atoms with Gasteiger partial charge < -0.3 is 0 Å². The van der Waals surface area contributed by atoms with Crippen molar-refractivity contribution in [1.29, 1.82) is 0 Å². The van der Waals surface area contributed by atoms with Gasteiger partial charge in [-0.1, -0.05) is 46.3 Å². The first kappa shape index (κ1) is 13.3. The molecule has 0 atom stereocenters. The molecule has 0 amide bonds. The zero-order valence-electron chi connectivity index (χ0n) is 9.71. The Morgan fingerprint density at radius 3 is 2.25 bits per heavy atom. The van der Waals surface area contributed by atoms with E-state index in [9.17, 15) is 0 Å². The van der Waals surface area contributed by atoms with Gasteiger partial charge in [-0.15, -0.1) is 11.8 Å². The number of alkyl halides is 1. The third-order valence-corrected chi connectivity index (χ3v) is 2.98. The lowest BCUT2D eigenvalue weighted by atomic mass is 10.1. The lowest BCUT2D eigenvalue weighted by molar-refractivity contribution is 0.833. The molecule has 0 aliphatic carbocycles. The molecule has 0 unspecified atom stereocenters. The number of hydrogen-bond donors (Lipinski definition) is 0. The maximum Gasteiger partial charge on any atom is 0.00918 e. The highest BCUT2D eigenvalue weighted by molar-refractivity contribution is 9.09. The molecule has 0 aliphatic rings. The van der Waals surface area contributed by atoms with Gasteiger partial charge in [-0.3, -0.25) is 0 Å². The van der Waals surface area contributed by atoms with Gasteiger partial charge in [0.25, 0.3) is 0 Å². The Hall–Kier alpha value is -0.740. The summed E-state index contributed by atoms with van der Waals surface area (Å²) in [4.78, 5) is 0. The Labute approximate surface area is 108 Å². The van der Waals surface area contributed by atoms with Crippen molar-refractivity contribution >= 4 is 15.9 Å². The van der Waals surface area contributed by atoms with Crippen LogP contribution in [0, 0.1) is 11.8 Å². The molecule has 0 heterocycles. The molecule has 0 aromatic heterocycles. The average Bonchev–Trinajstić information content (AvgIpc) is 2.34. The topological polar surface area (TPSA) is 0 Å². The maximum atomic E-state index is 3.42. The lowest BCUT2D eigenvalue weighted by Gasteiger charge is -1.96. The van der Waals surface area contributed by atoms with Gasteiger partial charge in [0.2, 0.25) is 0 Å². The molecule has 0 N–H and O–H groups in total.